The second-order valence-electron chi connectivity index (χ2n) is 6.37. The molecule has 2 fully saturated rings. The minimum absolute atomic E-state index is 0.389. The summed E-state index contributed by atoms with van der Waals surface area (Å²) in [5, 5.41) is 10.7. The summed E-state index contributed by atoms with van der Waals surface area (Å²) in [6.07, 6.45) is 5.52. The molecule has 2 aliphatic rings. The zero-order chi connectivity index (χ0) is 14.2. The quantitative estimate of drug-likeness (QED) is 0.814. The molecule has 1 aliphatic heterocycles. The van der Waals surface area contributed by atoms with Gasteiger partial charge in [-0.2, -0.15) is 0 Å². The number of hydrogen-bond donors (Lipinski definition) is 2. The van der Waals surface area contributed by atoms with E-state index in [-0.39, 0.29) is 5.60 Å². The lowest BCUT2D eigenvalue weighted by Gasteiger charge is -2.47. The van der Waals surface area contributed by atoms with Crippen LogP contribution in [-0.2, 0) is 6.54 Å². The highest BCUT2D eigenvalue weighted by Gasteiger charge is 2.42. The highest BCUT2D eigenvalue weighted by Crippen LogP contribution is 2.40. The Morgan fingerprint density at radius 1 is 1.35 bits per heavy atom. The molecule has 3 rings (SSSR count). The molecule has 3 nitrogen and oxygen atoms in total. The van der Waals surface area contributed by atoms with Crippen LogP contribution in [0.15, 0.2) is 22.7 Å². The highest BCUT2D eigenvalue weighted by molar-refractivity contribution is 9.10. The maximum Gasteiger partial charge on any atom is 0.0700 e. The van der Waals surface area contributed by atoms with E-state index >= 15 is 0 Å². The number of benzene rings is 1. The van der Waals surface area contributed by atoms with Gasteiger partial charge in [0.15, 0.2) is 0 Å². The van der Waals surface area contributed by atoms with Gasteiger partial charge in [-0.15, -0.1) is 0 Å². The van der Waals surface area contributed by atoms with Gasteiger partial charge in [0.1, 0.15) is 0 Å². The van der Waals surface area contributed by atoms with Crippen LogP contribution in [0, 0.1) is 5.92 Å². The zero-order valence-electron chi connectivity index (χ0n) is 11.8. The van der Waals surface area contributed by atoms with Crippen LogP contribution in [0.25, 0.3) is 0 Å². The van der Waals surface area contributed by atoms with Crippen LogP contribution in [0.2, 0.25) is 0 Å². The number of likely N-dealkylation sites (tertiary alicyclic amines) is 1. The van der Waals surface area contributed by atoms with Gasteiger partial charge in [0, 0.05) is 35.7 Å². The van der Waals surface area contributed by atoms with Gasteiger partial charge in [-0.1, -0.05) is 34.8 Å². The van der Waals surface area contributed by atoms with E-state index in [9.17, 15) is 5.11 Å². The minimum Gasteiger partial charge on any atom is -0.398 e. The van der Waals surface area contributed by atoms with Gasteiger partial charge in [0.2, 0.25) is 0 Å². The third-order valence-electron chi connectivity index (χ3n) is 5.01. The molecule has 1 saturated carbocycles. The van der Waals surface area contributed by atoms with Crippen molar-refractivity contribution in [1.82, 2.24) is 4.90 Å². The molecule has 1 aliphatic carbocycles. The average molecular weight is 339 g/mol. The molecule has 110 valence electrons. The van der Waals surface area contributed by atoms with E-state index in [1.165, 1.54) is 24.8 Å². The van der Waals surface area contributed by atoms with Crippen LogP contribution in [0.3, 0.4) is 0 Å². The van der Waals surface area contributed by atoms with Gasteiger partial charge in [-0.25, -0.2) is 0 Å². The van der Waals surface area contributed by atoms with Gasteiger partial charge in [0.25, 0.3) is 0 Å². The lowest BCUT2D eigenvalue weighted by molar-refractivity contribution is -0.0967. The van der Waals surface area contributed by atoms with Crippen molar-refractivity contribution in [3.05, 3.63) is 28.2 Å². The van der Waals surface area contributed by atoms with Gasteiger partial charge >= 0.3 is 0 Å². The molecule has 1 heterocycles. The molecular formula is C16H23BrN2O. The van der Waals surface area contributed by atoms with E-state index in [0.29, 0.717) is 5.92 Å². The van der Waals surface area contributed by atoms with Crippen LogP contribution in [-0.4, -0.2) is 28.7 Å². The van der Waals surface area contributed by atoms with Crippen molar-refractivity contribution in [2.24, 2.45) is 5.92 Å². The molecule has 2 atom stereocenters. The summed E-state index contributed by atoms with van der Waals surface area (Å²) in [7, 11) is 0. The van der Waals surface area contributed by atoms with Crippen LogP contribution < -0.4 is 5.73 Å². The highest BCUT2D eigenvalue weighted by atomic mass is 79.9. The Bertz CT molecular complexity index is 493. The Kier molecular flexibility index (Phi) is 4.07. The molecule has 3 N–H and O–H groups in total. The molecule has 1 aromatic rings. The summed E-state index contributed by atoms with van der Waals surface area (Å²) in [4.78, 5) is 2.45. The molecule has 1 saturated heterocycles. The summed E-state index contributed by atoms with van der Waals surface area (Å²) in [6, 6.07) is 6.11. The second-order valence-corrected chi connectivity index (χ2v) is 7.29. The number of hydrogen-bond acceptors (Lipinski definition) is 3. The summed E-state index contributed by atoms with van der Waals surface area (Å²) in [5.74, 6) is 0.446. The Morgan fingerprint density at radius 2 is 2.20 bits per heavy atom. The number of halogens is 1. The number of rotatable bonds is 2. The second kappa shape index (κ2) is 5.66. The first-order valence-electron chi connectivity index (χ1n) is 7.55. The number of anilines is 1. The first-order valence-corrected chi connectivity index (χ1v) is 8.35. The fourth-order valence-electron chi connectivity index (χ4n) is 3.73. The molecule has 0 aromatic heterocycles. The van der Waals surface area contributed by atoms with Crippen molar-refractivity contribution in [1.29, 1.82) is 0 Å². The van der Waals surface area contributed by atoms with E-state index < -0.39 is 0 Å². The fourth-order valence-corrected chi connectivity index (χ4v) is 4.11. The standard InChI is InChI=1S/C16H23BrN2O/c17-14-5-4-12(15(18)9-14)10-19-8-7-16(20)6-2-1-3-13(16)11-19/h4-5,9,13,20H,1-3,6-8,10-11,18H2. The van der Waals surface area contributed by atoms with E-state index in [1.807, 2.05) is 12.1 Å². The first kappa shape index (κ1) is 14.4. The maximum atomic E-state index is 10.7. The van der Waals surface area contributed by atoms with Crippen LogP contribution in [0.1, 0.15) is 37.7 Å². The van der Waals surface area contributed by atoms with Crippen LogP contribution in [0.5, 0.6) is 0 Å². The zero-order valence-corrected chi connectivity index (χ0v) is 13.4. The number of fused-ring (bicyclic) bond motifs is 1. The van der Waals surface area contributed by atoms with Crippen LogP contribution in [0.4, 0.5) is 5.69 Å². The molecule has 4 heteroatoms. The van der Waals surface area contributed by atoms with Crippen molar-refractivity contribution in [3.8, 4) is 0 Å². The third kappa shape index (κ3) is 2.87. The molecular weight excluding hydrogens is 316 g/mol. The van der Waals surface area contributed by atoms with Crippen LogP contribution >= 0.6 is 15.9 Å². The lowest BCUT2D eigenvalue weighted by atomic mass is 9.71. The number of nitrogens with two attached hydrogens (primary N) is 1. The summed E-state index contributed by atoms with van der Waals surface area (Å²) < 4.78 is 1.03. The van der Waals surface area contributed by atoms with Crippen molar-refractivity contribution < 1.29 is 5.11 Å². The molecule has 2 unspecified atom stereocenters. The minimum atomic E-state index is -0.389. The summed E-state index contributed by atoms with van der Waals surface area (Å²) in [5.41, 5.74) is 7.74. The van der Waals surface area contributed by atoms with Crippen molar-refractivity contribution in [3.63, 3.8) is 0 Å². The SMILES string of the molecule is Nc1cc(Br)ccc1CN1CCC2(O)CCCCC2C1. The summed E-state index contributed by atoms with van der Waals surface area (Å²) in [6.45, 7) is 2.88. The van der Waals surface area contributed by atoms with E-state index in [2.05, 4.69) is 26.9 Å². The van der Waals surface area contributed by atoms with Gasteiger partial charge < -0.3 is 10.8 Å². The fraction of sp³-hybridized carbons (Fsp3) is 0.625. The van der Waals surface area contributed by atoms with Gasteiger partial charge in [-0.3, -0.25) is 4.90 Å². The number of nitrogen functional groups attached to an aromatic ring is 1. The Balaban J connectivity index is 1.67. The summed E-state index contributed by atoms with van der Waals surface area (Å²) >= 11 is 3.45. The maximum absolute atomic E-state index is 10.7. The molecule has 20 heavy (non-hydrogen) atoms. The molecule has 0 amide bonds. The number of aliphatic hydroxyl groups is 1. The lowest BCUT2D eigenvalue weighted by Crippen LogP contribution is -2.52. The molecule has 0 spiro atoms. The third-order valence-corrected chi connectivity index (χ3v) is 5.51. The predicted octanol–water partition coefficient (Wildman–Crippen LogP) is 3.16. The Labute approximate surface area is 129 Å². The van der Waals surface area contributed by atoms with Crippen molar-refractivity contribution >= 4 is 21.6 Å². The topological polar surface area (TPSA) is 49.5 Å². The monoisotopic (exact) mass is 338 g/mol. The van der Waals surface area contributed by atoms with E-state index in [1.54, 1.807) is 0 Å². The largest absolute Gasteiger partial charge is 0.398 e. The normalized spacial score (nSPS) is 31.0. The molecule has 0 bridgehead atoms. The van der Waals surface area contributed by atoms with Gasteiger partial charge in [0.05, 0.1) is 5.60 Å². The first-order chi connectivity index (χ1) is 9.57. The van der Waals surface area contributed by atoms with E-state index in [0.717, 1.165) is 42.6 Å². The number of nitrogens with zero attached hydrogens (tertiary/aromatic N) is 1. The molecule has 1 aromatic carbocycles. The average Bonchev–Trinajstić information content (AvgIpc) is 2.42. The Hall–Kier alpha value is -0.580. The van der Waals surface area contributed by atoms with Crippen molar-refractivity contribution in [2.45, 2.75) is 44.2 Å². The molecule has 0 radical (unpaired) electrons. The van der Waals surface area contributed by atoms with Gasteiger partial charge in [-0.05, 0) is 37.0 Å². The smallest absolute Gasteiger partial charge is 0.0700 e. The van der Waals surface area contributed by atoms with Crippen molar-refractivity contribution in [2.75, 3.05) is 18.8 Å². The number of piperidine rings is 1. The van der Waals surface area contributed by atoms with E-state index in [4.69, 9.17) is 5.73 Å². The Morgan fingerprint density at radius 3 is 3.00 bits per heavy atom. The predicted molar refractivity (Wildman–Crippen MR) is 85.4 cm³/mol.